The van der Waals surface area contributed by atoms with Crippen molar-refractivity contribution in [2.75, 3.05) is 25.0 Å². The molecule has 1 fully saturated rings. The van der Waals surface area contributed by atoms with Crippen LogP contribution in [0.25, 0.3) is 11.3 Å². The van der Waals surface area contributed by atoms with E-state index in [9.17, 15) is 14.7 Å². The second kappa shape index (κ2) is 7.57. The monoisotopic (exact) mass is 363 g/mol. The number of nitrogens with one attached hydrogen (secondary N) is 1. The molecular formula is C17H18ClN3O4. The van der Waals surface area contributed by atoms with Gasteiger partial charge in [0.1, 0.15) is 0 Å². The Balaban J connectivity index is 1.66. The molecule has 3 rings (SSSR count). The van der Waals surface area contributed by atoms with E-state index in [2.05, 4.69) is 10.5 Å². The predicted octanol–water partition coefficient (Wildman–Crippen LogP) is 3.12. The minimum absolute atomic E-state index is 0.0143. The van der Waals surface area contributed by atoms with Crippen LogP contribution < -0.4 is 5.32 Å². The number of hydrogen-bond donors (Lipinski definition) is 2. The summed E-state index contributed by atoms with van der Waals surface area (Å²) in [6.45, 7) is 1.94. The molecule has 2 heterocycles. The Morgan fingerprint density at radius 1 is 1.36 bits per heavy atom. The lowest BCUT2D eigenvalue weighted by atomic mass is 10.1. The molecule has 7 nitrogen and oxygen atoms in total. The molecule has 25 heavy (non-hydrogen) atoms. The molecule has 1 aliphatic rings. The number of nitrogens with zero attached hydrogens (tertiary/aromatic N) is 2. The molecule has 0 unspecified atom stereocenters. The summed E-state index contributed by atoms with van der Waals surface area (Å²) >= 11 is 5.85. The molecule has 1 aromatic carbocycles. The largest absolute Gasteiger partial charge is 0.477 e. The van der Waals surface area contributed by atoms with Gasteiger partial charge in [0.15, 0.2) is 17.1 Å². The Labute approximate surface area is 149 Å². The number of aromatic carboxylic acids is 1. The summed E-state index contributed by atoms with van der Waals surface area (Å²) in [5.74, 6) is -0.576. The van der Waals surface area contributed by atoms with Gasteiger partial charge in [0.2, 0.25) is 5.91 Å². The number of amides is 1. The maximum Gasteiger partial charge on any atom is 0.343 e. The molecule has 0 radical (unpaired) electrons. The second-order valence-electron chi connectivity index (χ2n) is 5.81. The van der Waals surface area contributed by atoms with Gasteiger partial charge in [-0.2, -0.15) is 0 Å². The molecule has 132 valence electrons. The van der Waals surface area contributed by atoms with Gasteiger partial charge in [0, 0.05) is 36.6 Å². The van der Waals surface area contributed by atoms with Crippen LogP contribution in [0.5, 0.6) is 0 Å². The highest BCUT2D eigenvalue weighted by atomic mass is 35.5. The van der Waals surface area contributed by atoms with E-state index in [-0.39, 0.29) is 23.0 Å². The number of anilines is 1. The van der Waals surface area contributed by atoms with Crippen LogP contribution in [0.2, 0.25) is 5.02 Å². The summed E-state index contributed by atoms with van der Waals surface area (Å²) in [6.07, 6.45) is 2.22. The molecule has 2 aromatic rings. The molecule has 1 saturated heterocycles. The quantitative estimate of drug-likeness (QED) is 0.734. The van der Waals surface area contributed by atoms with Crippen LogP contribution in [-0.4, -0.2) is 46.7 Å². The van der Waals surface area contributed by atoms with Crippen molar-refractivity contribution in [1.82, 2.24) is 10.1 Å². The Morgan fingerprint density at radius 3 is 2.76 bits per heavy atom. The number of likely N-dealkylation sites (tertiary alicyclic amines) is 1. The highest BCUT2D eigenvalue weighted by molar-refractivity contribution is 6.30. The Bertz CT molecular complexity index is 773. The minimum Gasteiger partial charge on any atom is -0.477 e. The van der Waals surface area contributed by atoms with E-state index < -0.39 is 5.97 Å². The first-order chi connectivity index (χ1) is 12.1. The van der Waals surface area contributed by atoms with Crippen LogP contribution >= 0.6 is 11.6 Å². The number of aromatic nitrogens is 1. The van der Waals surface area contributed by atoms with E-state index >= 15 is 0 Å². The molecular weight excluding hydrogens is 346 g/mol. The van der Waals surface area contributed by atoms with Crippen LogP contribution in [0.3, 0.4) is 0 Å². The van der Waals surface area contributed by atoms with E-state index in [1.165, 1.54) is 0 Å². The zero-order valence-electron chi connectivity index (χ0n) is 13.5. The summed E-state index contributed by atoms with van der Waals surface area (Å²) in [6, 6.07) is 6.67. The van der Waals surface area contributed by atoms with E-state index in [1.807, 2.05) is 4.90 Å². The van der Waals surface area contributed by atoms with Crippen LogP contribution in [0.4, 0.5) is 5.82 Å². The Hall–Kier alpha value is -2.54. The first-order valence-electron chi connectivity index (χ1n) is 8.07. The lowest BCUT2D eigenvalue weighted by molar-refractivity contribution is -0.127. The fourth-order valence-electron chi connectivity index (χ4n) is 2.82. The van der Waals surface area contributed by atoms with Crippen molar-refractivity contribution in [3.05, 3.63) is 34.9 Å². The lowest BCUT2D eigenvalue weighted by Gasteiger charge is -2.15. The number of rotatable bonds is 7. The fraction of sp³-hybridized carbons (Fsp3) is 0.353. The number of halogens is 1. The van der Waals surface area contributed by atoms with E-state index in [1.54, 1.807) is 24.3 Å². The molecule has 0 atom stereocenters. The molecule has 2 N–H and O–H groups in total. The summed E-state index contributed by atoms with van der Waals surface area (Å²) < 4.78 is 5.23. The van der Waals surface area contributed by atoms with Crippen molar-refractivity contribution < 1.29 is 19.2 Å². The molecule has 0 saturated carbocycles. The van der Waals surface area contributed by atoms with Crippen LogP contribution in [0.1, 0.15) is 29.6 Å². The maximum atomic E-state index is 11.6. The number of hydrogen-bond acceptors (Lipinski definition) is 5. The van der Waals surface area contributed by atoms with Gasteiger partial charge in [-0.05, 0) is 37.1 Å². The topological polar surface area (TPSA) is 95.7 Å². The van der Waals surface area contributed by atoms with Crippen molar-refractivity contribution in [2.24, 2.45) is 0 Å². The van der Waals surface area contributed by atoms with Gasteiger partial charge in [-0.3, -0.25) is 4.79 Å². The predicted molar refractivity (Wildman–Crippen MR) is 92.8 cm³/mol. The average Bonchev–Trinajstić information content (AvgIpc) is 3.19. The Kier molecular flexibility index (Phi) is 5.23. The molecule has 8 heteroatoms. The highest BCUT2D eigenvalue weighted by Crippen LogP contribution is 2.30. The summed E-state index contributed by atoms with van der Waals surface area (Å²) in [7, 11) is 0. The number of carbonyl (C=O) groups excluding carboxylic acids is 1. The fourth-order valence-corrected chi connectivity index (χ4v) is 2.95. The molecule has 0 bridgehead atoms. The highest BCUT2D eigenvalue weighted by Gasteiger charge is 2.24. The molecule has 1 amide bonds. The van der Waals surface area contributed by atoms with Gasteiger partial charge in [-0.25, -0.2) is 4.79 Å². The molecule has 1 aromatic heterocycles. The summed E-state index contributed by atoms with van der Waals surface area (Å²) in [4.78, 5) is 25.0. The number of carbonyl (C=O) groups is 2. The van der Waals surface area contributed by atoms with Crippen LogP contribution in [-0.2, 0) is 4.79 Å². The first-order valence-corrected chi connectivity index (χ1v) is 8.44. The third kappa shape index (κ3) is 3.93. The second-order valence-corrected chi connectivity index (χ2v) is 6.25. The molecule has 0 aliphatic carbocycles. The van der Waals surface area contributed by atoms with Crippen molar-refractivity contribution in [3.8, 4) is 11.3 Å². The third-order valence-electron chi connectivity index (χ3n) is 4.08. The van der Waals surface area contributed by atoms with E-state index in [0.717, 1.165) is 13.0 Å². The standard InChI is InChI=1S/C17H18ClN3O4/c18-12-6-4-11(5-7-12)15-14(17(23)24)16(20-25-15)19-8-2-10-21-9-1-3-13(21)22/h4-7H,1-3,8-10H2,(H,19,20)(H,23,24). The van der Waals surface area contributed by atoms with Gasteiger partial charge in [-0.15, -0.1) is 0 Å². The molecule has 1 aliphatic heterocycles. The van der Waals surface area contributed by atoms with E-state index in [4.69, 9.17) is 16.1 Å². The SMILES string of the molecule is O=C(O)c1c(NCCCN2CCCC2=O)noc1-c1ccc(Cl)cc1. The summed E-state index contributed by atoms with van der Waals surface area (Å²) in [5.41, 5.74) is 0.574. The van der Waals surface area contributed by atoms with Crippen molar-refractivity contribution >= 4 is 29.3 Å². The van der Waals surface area contributed by atoms with Gasteiger partial charge < -0.3 is 19.8 Å². The Morgan fingerprint density at radius 2 is 2.12 bits per heavy atom. The zero-order chi connectivity index (χ0) is 17.8. The maximum absolute atomic E-state index is 11.6. The van der Waals surface area contributed by atoms with Gasteiger partial charge in [0.05, 0.1) is 0 Å². The van der Waals surface area contributed by atoms with Crippen molar-refractivity contribution in [1.29, 1.82) is 0 Å². The minimum atomic E-state index is -1.12. The first kappa shape index (κ1) is 17.3. The molecule has 0 spiro atoms. The normalized spacial score (nSPS) is 14.1. The van der Waals surface area contributed by atoms with Crippen LogP contribution in [0, 0.1) is 0 Å². The van der Waals surface area contributed by atoms with Gasteiger partial charge >= 0.3 is 5.97 Å². The third-order valence-corrected chi connectivity index (χ3v) is 4.33. The van der Waals surface area contributed by atoms with Gasteiger partial charge in [0.25, 0.3) is 0 Å². The van der Waals surface area contributed by atoms with Crippen molar-refractivity contribution in [3.63, 3.8) is 0 Å². The summed E-state index contributed by atoms with van der Waals surface area (Å²) in [5, 5.41) is 16.9. The number of carboxylic acid groups (broad SMARTS) is 1. The van der Waals surface area contributed by atoms with Gasteiger partial charge in [-0.1, -0.05) is 16.8 Å². The number of benzene rings is 1. The average molecular weight is 364 g/mol. The zero-order valence-corrected chi connectivity index (χ0v) is 14.3. The smallest absolute Gasteiger partial charge is 0.343 e. The lowest BCUT2D eigenvalue weighted by Crippen LogP contribution is -2.27. The van der Waals surface area contributed by atoms with E-state index in [0.29, 0.717) is 36.5 Å². The van der Waals surface area contributed by atoms with Crippen molar-refractivity contribution in [2.45, 2.75) is 19.3 Å². The van der Waals surface area contributed by atoms with Crippen LogP contribution in [0.15, 0.2) is 28.8 Å². The number of carboxylic acids is 1.